The van der Waals surface area contributed by atoms with Crippen molar-refractivity contribution in [3.05, 3.63) is 139 Å². The molecule has 0 aliphatic heterocycles. The van der Waals surface area contributed by atoms with E-state index in [1.807, 2.05) is 53.9 Å². The maximum absolute atomic E-state index is 10.1. The number of rotatable bonds is 4. The molecule has 0 unspecified atom stereocenters. The lowest BCUT2D eigenvalue weighted by atomic mass is 9.95. The highest BCUT2D eigenvalue weighted by molar-refractivity contribution is 7.26. The molecule has 0 N–H and O–H groups in total. The Bertz CT molecular complexity index is 2000. The number of hydrogen-bond donors (Lipinski definition) is 0. The van der Waals surface area contributed by atoms with Gasteiger partial charge in [0.05, 0.1) is 17.3 Å². The Kier molecular flexibility index (Phi) is 5.74. The van der Waals surface area contributed by atoms with Gasteiger partial charge in [-0.25, -0.2) is 0 Å². The number of fused-ring (bicyclic) bond motifs is 3. The van der Waals surface area contributed by atoms with Gasteiger partial charge in [-0.05, 0) is 34.4 Å². The predicted octanol–water partition coefficient (Wildman–Crippen LogP) is 9.99. The van der Waals surface area contributed by atoms with Gasteiger partial charge in [0.15, 0.2) is 0 Å². The highest BCUT2D eigenvalue weighted by atomic mass is 32.1. The van der Waals surface area contributed by atoms with Crippen LogP contribution in [-0.2, 0) is 0 Å². The van der Waals surface area contributed by atoms with Crippen LogP contribution < -0.4 is 0 Å². The van der Waals surface area contributed by atoms with Crippen LogP contribution in [-0.4, -0.2) is 4.98 Å². The molecule has 0 amide bonds. The Hall–Kier alpha value is -5.04. The Morgan fingerprint density at radius 2 is 1.13 bits per heavy atom. The first-order valence-corrected chi connectivity index (χ1v) is 13.7. The molecule has 2 heterocycles. The molecule has 39 heavy (non-hydrogen) atoms. The second kappa shape index (κ2) is 9.68. The van der Waals surface area contributed by atoms with Gasteiger partial charge < -0.3 is 0 Å². The Balaban J connectivity index is 1.32. The summed E-state index contributed by atoms with van der Waals surface area (Å²) in [5, 5.41) is 12.6. The molecule has 3 heteroatoms. The van der Waals surface area contributed by atoms with Crippen LogP contribution in [0.5, 0.6) is 0 Å². The molecule has 7 aromatic rings. The number of hydrogen-bond acceptors (Lipinski definition) is 3. The van der Waals surface area contributed by atoms with E-state index in [-0.39, 0.29) is 0 Å². The summed E-state index contributed by atoms with van der Waals surface area (Å²) in [6, 6.07) is 46.4. The summed E-state index contributed by atoms with van der Waals surface area (Å²) in [7, 11) is 0. The maximum Gasteiger partial charge on any atom is 0.0998 e. The van der Waals surface area contributed by atoms with Gasteiger partial charge >= 0.3 is 0 Å². The third-order valence-corrected chi connectivity index (χ3v) is 8.49. The lowest BCUT2D eigenvalue weighted by molar-refractivity contribution is 1.32. The van der Waals surface area contributed by atoms with Crippen LogP contribution in [0.25, 0.3) is 64.8 Å². The van der Waals surface area contributed by atoms with Gasteiger partial charge in [0.1, 0.15) is 0 Å². The first-order valence-electron chi connectivity index (χ1n) is 12.9. The summed E-state index contributed by atoms with van der Waals surface area (Å²) in [5.74, 6) is 0. The van der Waals surface area contributed by atoms with Crippen molar-refractivity contribution in [2.45, 2.75) is 0 Å². The van der Waals surface area contributed by atoms with Crippen LogP contribution in [0.2, 0.25) is 0 Å². The fraction of sp³-hybridized carbons (Fsp3) is 0. The average molecular weight is 515 g/mol. The number of pyridine rings is 1. The van der Waals surface area contributed by atoms with E-state index in [0.717, 1.165) is 33.5 Å². The minimum atomic E-state index is 0.643. The zero-order valence-corrected chi connectivity index (χ0v) is 21.8. The number of nitrogens with zero attached hydrogens (tertiary/aromatic N) is 2. The monoisotopic (exact) mass is 514 g/mol. The van der Waals surface area contributed by atoms with Crippen molar-refractivity contribution in [2.24, 2.45) is 0 Å². The third-order valence-electron chi connectivity index (χ3n) is 7.20. The summed E-state index contributed by atoms with van der Waals surface area (Å²) < 4.78 is 2.52. The van der Waals surface area contributed by atoms with E-state index in [1.165, 1.54) is 31.3 Å². The zero-order chi connectivity index (χ0) is 26.2. The fourth-order valence-electron chi connectivity index (χ4n) is 5.28. The van der Waals surface area contributed by atoms with Crippen LogP contribution in [0.4, 0.5) is 0 Å². The quantitative estimate of drug-likeness (QED) is 0.234. The van der Waals surface area contributed by atoms with E-state index >= 15 is 0 Å². The van der Waals surface area contributed by atoms with Crippen molar-refractivity contribution in [3.8, 4) is 50.7 Å². The smallest absolute Gasteiger partial charge is 0.0998 e. The fourth-order valence-corrected chi connectivity index (χ4v) is 6.65. The highest BCUT2D eigenvalue weighted by Gasteiger charge is 2.15. The molecule has 0 radical (unpaired) electrons. The molecular formula is C36H22N2S. The van der Waals surface area contributed by atoms with Crippen molar-refractivity contribution in [1.29, 1.82) is 5.26 Å². The van der Waals surface area contributed by atoms with Crippen molar-refractivity contribution >= 4 is 31.5 Å². The molecule has 2 aromatic heterocycles. The van der Waals surface area contributed by atoms with Gasteiger partial charge in [-0.1, -0.05) is 115 Å². The molecule has 7 rings (SSSR count). The molecule has 0 bridgehead atoms. The summed E-state index contributed by atoms with van der Waals surface area (Å²) in [6.45, 7) is 0. The zero-order valence-electron chi connectivity index (χ0n) is 21.0. The highest BCUT2D eigenvalue weighted by Crippen LogP contribution is 2.44. The topological polar surface area (TPSA) is 36.7 Å². The van der Waals surface area contributed by atoms with Gasteiger partial charge in [0.25, 0.3) is 0 Å². The predicted molar refractivity (Wildman–Crippen MR) is 164 cm³/mol. The van der Waals surface area contributed by atoms with E-state index < -0.39 is 0 Å². The average Bonchev–Trinajstić information content (AvgIpc) is 3.41. The maximum atomic E-state index is 10.1. The molecule has 0 saturated heterocycles. The lowest BCUT2D eigenvalue weighted by Gasteiger charge is -2.09. The van der Waals surface area contributed by atoms with Crippen molar-refractivity contribution in [1.82, 2.24) is 4.98 Å². The molecule has 0 atom stereocenters. The Morgan fingerprint density at radius 3 is 1.74 bits per heavy atom. The lowest BCUT2D eigenvalue weighted by Crippen LogP contribution is -1.89. The van der Waals surface area contributed by atoms with E-state index in [2.05, 4.69) is 102 Å². The molecule has 0 aliphatic carbocycles. The molecule has 0 saturated carbocycles. The molecule has 5 aromatic carbocycles. The van der Waals surface area contributed by atoms with Crippen LogP contribution in [0.1, 0.15) is 5.56 Å². The van der Waals surface area contributed by atoms with E-state index in [1.54, 1.807) is 0 Å². The second-order valence-corrected chi connectivity index (χ2v) is 10.5. The summed E-state index contributed by atoms with van der Waals surface area (Å²) in [6.07, 6.45) is 1.86. The molecule has 0 spiro atoms. The van der Waals surface area contributed by atoms with E-state index in [9.17, 15) is 5.26 Å². The molecular weight excluding hydrogens is 492 g/mol. The minimum Gasteiger partial charge on any atom is -0.256 e. The van der Waals surface area contributed by atoms with Gasteiger partial charge in [-0.15, -0.1) is 11.3 Å². The molecule has 182 valence electrons. The van der Waals surface area contributed by atoms with Crippen LogP contribution in [0.15, 0.2) is 134 Å². The van der Waals surface area contributed by atoms with Crippen LogP contribution in [0.3, 0.4) is 0 Å². The number of nitriles is 1. The number of thiophene rings is 1. The van der Waals surface area contributed by atoms with Crippen molar-refractivity contribution < 1.29 is 0 Å². The summed E-state index contributed by atoms with van der Waals surface area (Å²) in [5.41, 5.74) is 9.13. The van der Waals surface area contributed by atoms with Crippen LogP contribution >= 0.6 is 11.3 Å². The number of benzene rings is 5. The Labute approximate surface area is 231 Å². The molecule has 0 fully saturated rings. The standard InChI is InChI=1S/C36H22N2S/c37-22-28-21-26(17-19-29(28)27-18-20-34(38-23-27)25-11-5-2-6-12-25)31-14-8-16-33-32-15-7-13-30(35(32)39-36(31)33)24-9-3-1-4-10-24/h1-21,23H. The van der Waals surface area contributed by atoms with Crippen molar-refractivity contribution in [2.75, 3.05) is 0 Å². The third kappa shape index (κ3) is 4.08. The van der Waals surface area contributed by atoms with Gasteiger partial charge in [0.2, 0.25) is 0 Å². The first-order chi connectivity index (χ1) is 19.3. The van der Waals surface area contributed by atoms with Crippen molar-refractivity contribution in [3.63, 3.8) is 0 Å². The normalized spacial score (nSPS) is 11.1. The summed E-state index contributed by atoms with van der Waals surface area (Å²) >= 11 is 1.83. The van der Waals surface area contributed by atoms with E-state index in [4.69, 9.17) is 0 Å². The van der Waals surface area contributed by atoms with Gasteiger partial charge in [-0.3, -0.25) is 4.98 Å². The SMILES string of the molecule is N#Cc1cc(-c2cccc3c2sc2c(-c4ccccc4)cccc23)ccc1-c1ccc(-c2ccccc2)nc1. The molecule has 0 aliphatic rings. The second-order valence-electron chi connectivity index (χ2n) is 9.50. The van der Waals surface area contributed by atoms with Gasteiger partial charge in [-0.2, -0.15) is 5.26 Å². The molecule has 2 nitrogen and oxygen atoms in total. The Morgan fingerprint density at radius 1 is 0.513 bits per heavy atom. The first kappa shape index (κ1) is 23.1. The van der Waals surface area contributed by atoms with Gasteiger partial charge in [0, 0.05) is 43.1 Å². The largest absolute Gasteiger partial charge is 0.256 e. The number of aromatic nitrogens is 1. The van der Waals surface area contributed by atoms with E-state index in [0.29, 0.717) is 5.56 Å². The minimum absolute atomic E-state index is 0.643. The van der Waals surface area contributed by atoms with Crippen LogP contribution in [0, 0.1) is 11.3 Å². The summed E-state index contributed by atoms with van der Waals surface area (Å²) in [4.78, 5) is 4.67.